The predicted molar refractivity (Wildman–Crippen MR) is 86.9 cm³/mol. The van der Waals surface area contributed by atoms with Crippen molar-refractivity contribution in [1.82, 2.24) is 4.98 Å². The molecule has 2 rings (SSSR count). The number of pyridine rings is 1. The molecule has 0 saturated heterocycles. The van der Waals surface area contributed by atoms with Crippen LogP contribution in [-0.2, 0) is 10.9 Å². The van der Waals surface area contributed by atoms with Crippen LogP contribution < -0.4 is 5.32 Å². The number of rotatable bonds is 4. The quantitative estimate of drug-likeness (QED) is 0.817. The molecule has 0 aliphatic heterocycles. The van der Waals surface area contributed by atoms with Gasteiger partial charge in [-0.25, -0.2) is 4.79 Å². The Morgan fingerprint density at radius 1 is 1.28 bits per heavy atom. The second kappa shape index (κ2) is 7.22. The molecule has 2 aromatic heterocycles. The van der Waals surface area contributed by atoms with Gasteiger partial charge in [0.2, 0.25) is 0 Å². The maximum Gasteiger partial charge on any atom is 0.433 e. The molecule has 0 radical (unpaired) electrons. The smallest absolute Gasteiger partial charge is 0.433 e. The highest BCUT2D eigenvalue weighted by Crippen LogP contribution is 2.33. The van der Waals surface area contributed by atoms with E-state index in [1.54, 1.807) is 20.8 Å². The highest BCUT2D eigenvalue weighted by atomic mass is 32.1. The van der Waals surface area contributed by atoms with E-state index in [1.807, 2.05) is 0 Å². The van der Waals surface area contributed by atoms with E-state index in [0.29, 0.717) is 10.6 Å². The molecule has 0 spiro atoms. The fraction of sp³-hybridized carbons (Fsp3) is 0.312. The summed E-state index contributed by atoms with van der Waals surface area (Å²) >= 11 is 1.19. The zero-order valence-electron chi connectivity index (χ0n) is 13.7. The minimum absolute atomic E-state index is 0.0495. The van der Waals surface area contributed by atoms with Gasteiger partial charge in [-0.15, -0.1) is 11.3 Å². The summed E-state index contributed by atoms with van der Waals surface area (Å²) in [5.74, 6) is -1.22. The van der Waals surface area contributed by atoms with Gasteiger partial charge in [-0.3, -0.25) is 9.78 Å². The lowest BCUT2D eigenvalue weighted by molar-refractivity contribution is -0.141. The molecule has 2 heterocycles. The molecule has 0 aliphatic carbocycles. The van der Waals surface area contributed by atoms with Gasteiger partial charge in [-0.1, -0.05) is 0 Å². The number of carbonyl (C=O) groups is 2. The van der Waals surface area contributed by atoms with Crippen molar-refractivity contribution in [3.05, 3.63) is 45.6 Å². The van der Waals surface area contributed by atoms with Gasteiger partial charge in [-0.2, -0.15) is 13.2 Å². The van der Waals surface area contributed by atoms with Gasteiger partial charge >= 0.3 is 12.1 Å². The lowest BCUT2D eigenvalue weighted by atomic mass is 10.1. The number of esters is 1. The van der Waals surface area contributed by atoms with E-state index >= 15 is 0 Å². The number of halogens is 3. The number of carbonyl (C=O) groups excluding carboxylic acids is 2. The van der Waals surface area contributed by atoms with Crippen LogP contribution in [0.3, 0.4) is 0 Å². The van der Waals surface area contributed by atoms with Gasteiger partial charge < -0.3 is 10.1 Å². The first-order chi connectivity index (χ1) is 11.6. The van der Waals surface area contributed by atoms with E-state index in [2.05, 4.69) is 10.3 Å². The molecule has 0 fully saturated rings. The summed E-state index contributed by atoms with van der Waals surface area (Å²) in [6, 6.07) is 1.76. The molecular formula is C16H15F3N2O3S. The normalized spacial score (nSPS) is 11.3. The summed E-state index contributed by atoms with van der Waals surface area (Å²) in [6.45, 7) is 5.37. The van der Waals surface area contributed by atoms with Crippen molar-refractivity contribution in [2.24, 2.45) is 0 Å². The Balaban J connectivity index is 2.26. The average molecular weight is 372 g/mol. The van der Waals surface area contributed by atoms with Crippen LogP contribution in [0.1, 0.15) is 43.8 Å². The van der Waals surface area contributed by atoms with Crippen molar-refractivity contribution >= 4 is 28.2 Å². The van der Waals surface area contributed by atoms with Crippen LogP contribution in [0.2, 0.25) is 0 Å². The fourth-order valence-corrected chi connectivity index (χ4v) is 3.08. The Bertz CT molecular complexity index is 798. The topological polar surface area (TPSA) is 68.3 Å². The number of ether oxygens (including phenoxy) is 1. The Morgan fingerprint density at radius 3 is 2.48 bits per heavy atom. The molecule has 1 N–H and O–H groups in total. The van der Waals surface area contributed by atoms with Crippen molar-refractivity contribution in [2.45, 2.75) is 26.9 Å². The number of hydrogen-bond donors (Lipinski definition) is 1. The number of anilines is 1. The van der Waals surface area contributed by atoms with Crippen LogP contribution in [0.25, 0.3) is 0 Å². The number of aromatic nitrogens is 1. The predicted octanol–water partition coefficient (Wildman–Crippen LogP) is 4.21. The fourth-order valence-electron chi connectivity index (χ4n) is 2.04. The zero-order chi connectivity index (χ0) is 18.8. The molecule has 0 unspecified atom stereocenters. The Kier molecular flexibility index (Phi) is 5.46. The van der Waals surface area contributed by atoms with Gasteiger partial charge in [0.05, 0.1) is 17.7 Å². The second-order valence-electron chi connectivity index (χ2n) is 5.09. The number of alkyl halides is 3. The van der Waals surface area contributed by atoms with E-state index < -0.39 is 23.7 Å². The molecule has 134 valence electrons. The average Bonchev–Trinajstić information content (AvgIpc) is 2.81. The van der Waals surface area contributed by atoms with Crippen LogP contribution in [0.15, 0.2) is 18.3 Å². The standard InChI is InChI=1S/C16H15F3N2O3S/c1-4-24-15(23)12-8(2)9(3)25-14(12)21-13(22)10-5-6-11(20-7-10)16(17,18)19/h5-7H,4H2,1-3H3,(H,21,22). The summed E-state index contributed by atoms with van der Waals surface area (Å²) in [4.78, 5) is 28.4. The van der Waals surface area contributed by atoms with Gasteiger partial charge in [0.1, 0.15) is 10.7 Å². The van der Waals surface area contributed by atoms with Crippen LogP contribution in [-0.4, -0.2) is 23.5 Å². The number of hydrogen-bond acceptors (Lipinski definition) is 5. The van der Waals surface area contributed by atoms with Crippen LogP contribution >= 0.6 is 11.3 Å². The third-order valence-corrected chi connectivity index (χ3v) is 4.53. The molecule has 9 heteroatoms. The van der Waals surface area contributed by atoms with Crippen molar-refractivity contribution in [1.29, 1.82) is 0 Å². The zero-order valence-corrected chi connectivity index (χ0v) is 14.5. The molecule has 0 atom stereocenters. The van der Waals surface area contributed by atoms with Gasteiger partial charge in [0.25, 0.3) is 5.91 Å². The Morgan fingerprint density at radius 2 is 1.96 bits per heavy atom. The summed E-state index contributed by atoms with van der Waals surface area (Å²) in [6.07, 6.45) is -3.73. The van der Waals surface area contributed by atoms with E-state index in [1.165, 1.54) is 11.3 Å². The highest BCUT2D eigenvalue weighted by molar-refractivity contribution is 7.16. The van der Waals surface area contributed by atoms with Gasteiger partial charge in [-0.05, 0) is 38.5 Å². The molecular weight excluding hydrogens is 357 g/mol. The number of aryl methyl sites for hydroxylation is 1. The van der Waals surface area contributed by atoms with Crippen LogP contribution in [0.4, 0.5) is 18.2 Å². The number of nitrogens with one attached hydrogen (secondary N) is 1. The third-order valence-electron chi connectivity index (χ3n) is 3.41. The third kappa shape index (κ3) is 4.16. The molecule has 0 bridgehead atoms. The van der Waals surface area contributed by atoms with Gasteiger partial charge in [0.15, 0.2) is 0 Å². The Labute approximate surface area is 145 Å². The minimum Gasteiger partial charge on any atom is -0.462 e. The Hall–Kier alpha value is -2.42. The SMILES string of the molecule is CCOC(=O)c1c(NC(=O)c2ccc(C(F)(F)F)nc2)sc(C)c1C. The number of nitrogens with zero attached hydrogens (tertiary/aromatic N) is 1. The summed E-state index contributed by atoms with van der Waals surface area (Å²) in [5.41, 5.74) is -0.201. The molecule has 0 aromatic carbocycles. The first-order valence-electron chi connectivity index (χ1n) is 7.26. The summed E-state index contributed by atoms with van der Waals surface area (Å²) < 4.78 is 42.5. The molecule has 2 aromatic rings. The summed E-state index contributed by atoms with van der Waals surface area (Å²) in [5, 5.41) is 2.83. The lowest BCUT2D eigenvalue weighted by Gasteiger charge is -2.08. The minimum atomic E-state index is -4.58. The molecule has 5 nitrogen and oxygen atoms in total. The maximum atomic E-state index is 12.5. The maximum absolute atomic E-state index is 12.5. The van der Waals surface area contributed by atoms with Crippen molar-refractivity contribution in [3.8, 4) is 0 Å². The first kappa shape index (κ1) is 18.9. The second-order valence-corrected chi connectivity index (χ2v) is 6.32. The lowest BCUT2D eigenvalue weighted by Crippen LogP contribution is -2.16. The van der Waals surface area contributed by atoms with E-state index in [0.717, 1.165) is 23.2 Å². The molecule has 0 saturated carbocycles. The van der Waals surface area contributed by atoms with Crippen LogP contribution in [0.5, 0.6) is 0 Å². The van der Waals surface area contributed by atoms with Crippen molar-refractivity contribution in [2.75, 3.05) is 11.9 Å². The molecule has 1 amide bonds. The van der Waals surface area contributed by atoms with Crippen molar-refractivity contribution in [3.63, 3.8) is 0 Å². The van der Waals surface area contributed by atoms with Gasteiger partial charge in [0, 0.05) is 11.1 Å². The van der Waals surface area contributed by atoms with Crippen molar-refractivity contribution < 1.29 is 27.5 Å². The number of amides is 1. The first-order valence-corrected chi connectivity index (χ1v) is 8.08. The number of thiophene rings is 1. The summed E-state index contributed by atoms with van der Waals surface area (Å²) in [7, 11) is 0. The molecule has 25 heavy (non-hydrogen) atoms. The van der Waals surface area contributed by atoms with E-state index in [9.17, 15) is 22.8 Å². The van der Waals surface area contributed by atoms with Crippen LogP contribution in [0, 0.1) is 13.8 Å². The monoisotopic (exact) mass is 372 g/mol. The van der Waals surface area contributed by atoms with E-state index in [-0.39, 0.29) is 17.7 Å². The molecule has 0 aliphatic rings. The van der Waals surface area contributed by atoms with E-state index in [4.69, 9.17) is 4.74 Å². The largest absolute Gasteiger partial charge is 0.462 e. The highest BCUT2D eigenvalue weighted by Gasteiger charge is 2.32.